The number of pyridine rings is 1. The number of aryl methyl sites for hydroxylation is 1. The minimum absolute atomic E-state index is 0.211. The highest BCUT2D eigenvalue weighted by Gasteiger charge is 2.19. The topological polar surface area (TPSA) is 103 Å². The second-order valence-electron chi connectivity index (χ2n) is 5.53. The molecule has 0 aliphatic rings. The van der Waals surface area contributed by atoms with Crippen LogP contribution in [0.1, 0.15) is 46.3 Å². The van der Waals surface area contributed by atoms with Gasteiger partial charge in [-0.05, 0) is 24.5 Å². The van der Waals surface area contributed by atoms with Crippen LogP contribution in [0.2, 0.25) is 0 Å². The summed E-state index contributed by atoms with van der Waals surface area (Å²) in [7, 11) is 0. The third-order valence-corrected chi connectivity index (χ3v) is 4.79. The van der Waals surface area contributed by atoms with Crippen molar-refractivity contribution in [3.8, 4) is 16.8 Å². The molecule has 0 bridgehead atoms. The highest BCUT2D eigenvalue weighted by atomic mass is 32.1. The van der Waals surface area contributed by atoms with E-state index in [-0.39, 0.29) is 10.8 Å². The fraction of sp³-hybridized carbons (Fsp3) is 0.250. The molecule has 23 heavy (non-hydrogen) atoms. The second-order valence-corrected chi connectivity index (χ2v) is 6.53. The molecule has 116 valence electrons. The molecule has 3 rings (SSSR count). The lowest BCUT2D eigenvalue weighted by atomic mass is 10.0. The van der Waals surface area contributed by atoms with Gasteiger partial charge in [0.1, 0.15) is 27.2 Å². The Balaban J connectivity index is 2.28. The van der Waals surface area contributed by atoms with Crippen LogP contribution in [0.4, 0.5) is 0 Å². The summed E-state index contributed by atoms with van der Waals surface area (Å²) in [6, 6.07) is 4.04. The van der Waals surface area contributed by atoms with Crippen molar-refractivity contribution < 1.29 is 9.90 Å². The van der Waals surface area contributed by atoms with Crippen molar-refractivity contribution in [2.24, 2.45) is 0 Å². The standard InChI is InChI=1S/C16H14N4O2S/c1-7(2)10-4-11(15-19-8(3)14(23-15)16(21)22)20-12-9(5-17)6-18-13(10)12/h4,6-7,18H,1-3H3,(H,21,22). The summed E-state index contributed by atoms with van der Waals surface area (Å²) in [5, 5.41) is 19.0. The molecular weight excluding hydrogens is 312 g/mol. The van der Waals surface area contributed by atoms with Crippen molar-refractivity contribution >= 4 is 28.3 Å². The van der Waals surface area contributed by atoms with Gasteiger partial charge in [0.2, 0.25) is 0 Å². The van der Waals surface area contributed by atoms with Gasteiger partial charge in [-0.25, -0.2) is 14.8 Å². The third kappa shape index (κ3) is 2.47. The zero-order valence-electron chi connectivity index (χ0n) is 12.8. The summed E-state index contributed by atoms with van der Waals surface area (Å²) in [6.07, 6.45) is 1.64. The van der Waals surface area contributed by atoms with Gasteiger partial charge in [-0.1, -0.05) is 13.8 Å². The first kappa shape index (κ1) is 15.2. The number of thiazole rings is 1. The predicted molar refractivity (Wildman–Crippen MR) is 87.7 cm³/mol. The fourth-order valence-electron chi connectivity index (χ4n) is 2.48. The molecular formula is C16H14N4O2S. The van der Waals surface area contributed by atoms with Gasteiger partial charge >= 0.3 is 5.97 Å². The van der Waals surface area contributed by atoms with Gasteiger partial charge in [0.05, 0.1) is 16.8 Å². The first-order chi connectivity index (χ1) is 10.9. The number of H-pyrrole nitrogens is 1. The average molecular weight is 326 g/mol. The Morgan fingerprint density at radius 3 is 2.74 bits per heavy atom. The molecule has 0 radical (unpaired) electrons. The molecule has 6 nitrogen and oxygen atoms in total. The lowest BCUT2D eigenvalue weighted by molar-refractivity contribution is 0.0701. The Bertz CT molecular complexity index is 963. The van der Waals surface area contributed by atoms with Crippen LogP contribution in [0.25, 0.3) is 21.7 Å². The highest BCUT2D eigenvalue weighted by Crippen LogP contribution is 2.33. The lowest BCUT2D eigenvalue weighted by Gasteiger charge is -2.08. The summed E-state index contributed by atoms with van der Waals surface area (Å²) in [6.45, 7) is 5.78. The number of carboxylic acid groups (broad SMARTS) is 1. The van der Waals surface area contributed by atoms with Crippen LogP contribution in [0.5, 0.6) is 0 Å². The average Bonchev–Trinajstić information content (AvgIpc) is 3.09. The van der Waals surface area contributed by atoms with Crippen LogP contribution in [-0.4, -0.2) is 26.0 Å². The van der Waals surface area contributed by atoms with Gasteiger partial charge in [-0.15, -0.1) is 11.3 Å². The number of carbonyl (C=O) groups is 1. The SMILES string of the molecule is Cc1nc(-c2cc(C(C)C)c3[nH]cc(C#N)c3n2)sc1C(=O)O. The number of aromatic carboxylic acids is 1. The smallest absolute Gasteiger partial charge is 0.347 e. The maximum absolute atomic E-state index is 11.2. The van der Waals surface area contributed by atoms with E-state index in [1.54, 1.807) is 13.1 Å². The lowest BCUT2D eigenvalue weighted by Crippen LogP contribution is -1.94. The zero-order valence-corrected chi connectivity index (χ0v) is 13.7. The van der Waals surface area contributed by atoms with E-state index in [0.717, 1.165) is 22.4 Å². The Morgan fingerprint density at radius 2 is 2.17 bits per heavy atom. The molecule has 0 saturated heterocycles. The zero-order chi connectivity index (χ0) is 16.7. The number of rotatable bonds is 3. The van der Waals surface area contributed by atoms with Crippen molar-refractivity contribution in [2.45, 2.75) is 26.7 Å². The largest absolute Gasteiger partial charge is 0.477 e. The Morgan fingerprint density at radius 1 is 1.43 bits per heavy atom. The number of nitrogens with zero attached hydrogens (tertiary/aromatic N) is 3. The van der Waals surface area contributed by atoms with E-state index in [2.05, 4.69) is 34.9 Å². The van der Waals surface area contributed by atoms with Crippen LogP contribution in [0.15, 0.2) is 12.3 Å². The van der Waals surface area contributed by atoms with Crippen LogP contribution < -0.4 is 0 Å². The van der Waals surface area contributed by atoms with E-state index in [1.165, 1.54) is 0 Å². The number of nitrogens with one attached hydrogen (secondary N) is 1. The van der Waals surface area contributed by atoms with Crippen molar-refractivity contribution in [3.05, 3.63) is 34.0 Å². The van der Waals surface area contributed by atoms with Crippen LogP contribution in [0.3, 0.4) is 0 Å². The van der Waals surface area contributed by atoms with E-state index in [9.17, 15) is 15.2 Å². The predicted octanol–water partition coefficient (Wildman–Crippen LogP) is 3.69. The minimum atomic E-state index is -0.990. The second kappa shape index (κ2) is 5.48. The molecule has 0 aliphatic heterocycles. The molecule has 0 unspecified atom stereocenters. The van der Waals surface area contributed by atoms with Gasteiger partial charge in [0, 0.05) is 6.20 Å². The Kier molecular flexibility index (Phi) is 3.62. The van der Waals surface area contributed by atoms with E-state index in [4.69, 9.17) is 0 Å². The van der Waals surface area contributed by atoms with Crippen LogP contribution >= 0.6 is 11.3 Å². The normalized spacial score (nSPS) is 11.1. The molecule has 0 spiro atoms. The molecule has 7 heteroatoms. The molecule has 2 N–H and O–H groups in total. The summed E-state index contributed by atoms with van der Waals surface area (Å²) < 4.78 is 0. The molecule has 3 heterocycles. The maximum Gasteiger partial charge on any atom is 0.347 e. The van der Waals surface area contributed by atoms with Gasteiger partial charge in [-0.2, -0.15) is 5.26 Å². The molecule has 3 aromatic rings. The van der Waals surface area contributed by atoms with Crippen LogP contribution in [-0.2, 0) is 0 Å². The summed E-state index contributed by atoms with van der Waals surface area (Å²) >= 11 is 1.10. The molecule has 3 aromatic heterocycles. The highest BCUT2D eigenvalue weighted by molar-refractivity contribution is 7.17. The molecule has 0 fully saturated rings. The van der Waals surface area contributed by atoms with Crippen molar-refractivity contribution in [1.82, 2.24) is 15.0 Å². The monoisotopic (exact) mass is 326 g/mol. The summed E-state index contributed by atoms with van der Waals surface area (Å²) in [4.78, 5) is 23.4. The Labute approximate surface area is 136 Å². The number of aromatic nitrogens is 3. The number of hydrogen-bond acceptors (Lipinski definition) is 5. The van der Waals surface area contributed by atoms with Crippen molar-refractivity contribution in [3.63, 3.8) is 0 Å². The van der Waals surface area contributed by atoms with Gasteiger partial charge in [-0.3, -0.25) is 0 Å². The van der Waals surface area contributed by atoms with E-state index in [1.807, 2.05) is 6.07 Å². The molecule has 0 amide bonds. The van der Waals surface area contributed by atoms with Crippen molar-refractivity contribution in [1.29, 1.82) is 5.26 Å². The van der Waals surface area contributed by atoms with E-state index < -0.39 is 5.97 Å². The van der Waals surface area contributed by atoms with Crippen LogP contribution in [0, 0.1) is 18.3 Å². The molecule has 0 atom stereocenters. The third-order valence-electron chi connectivity index (χ3n) is 3.62. The quantitative estimate of drug-likeness (QED) is 0.764. The van der Waals surface area contributed by atoms with Gasteiger partial charge in [0.15, 0.2) is 0 Å². The number of nitriles is 1. The Hall–Kier alpha value is -2.72. The van der Waals surface area contributed by atoms with Gasteiger partial charge in [0.25, 0.3) is 0 Å². The number of hydrogen-bond donors (Lipinski definition) is 2. The first-order valence-electron chi connectivity index (χ1n) is 7.05. The van der Waals surface area contributed by atoms with Gasteiger partial charge < -0.3 is 10.1 Å². The first-order valence-corrected chi connectivity index (χ1v) is 7.87. The minimum Gasteiger partial charge on any atom is -0.477 e. The van der Waals surface area contributed by atoms with E-state index >= 15 is 0 Å². The number of fused-ring (bicyclic) bond motifs is 1. The summed E-state index contributed by atoms with van der Waals surface area (Å²) in [5.41, 5.74) is 4.00. The number of aromatic amines is 1. The molecule has 0 aromatic carbocycles. The van der Waals surface area contributed by atoms with E-state index in [0.29, 0.717) is 27.5 Å². The number of carboxylic acids is 1. The van der Waals surface area contributed by atoms with Crippen molar-refractivity contribution in [2.75, 3.05) is 0 Å². The molecule has 0 aliphatic carbocycles. The molecule has 0 saturated carbocycles. The maximum atomic E-state index is 11.2. The fourth-order valence-corrected chi connectivity index (χ4v) is 3.34. The summed E-state index contributed by atoms with van der Waals surface area (Å²) in [5.74, 6) is -0.764.